The molecule has 0 aliphatic heterocycles. The molecule has 0 saturated carbocycles. The van der Waals surface area contributed by atoms with Crippen molar-refractivity contribution in [2.24, 2.45) is 4.99 Å². The lowest BCUT2D eigenvalue weighted by atomic mass is 10.1. The lowest BCUT2D eigenvalue weighted by Gasteiger charge is -2.11. The zero-order valence-electron chi connectivity index (χ0n) is 16.3. The van der Waals surface area contributed by atoms with Gasteiger partial charge in [-0.3, -0.25) is 9.79 Å². The van der Waals surface area contributed by atoms with Gasteiger partial charge in [0.05, 0.1) is 6.26 Å². The van der Waals surface area contributed by atoms with Gasteiger partial charge >= 0.3 is 0 Å². The van der Waals surface area contributed by atoms with Crippen LogP contribution in [0.5, 0.6) is 0 Å². The Labute approximate surface area is 188 Å². The number of hydrogen-bond acceptors (Lipinski definition) is 3. The van der Waals surface area contributed by atoms with Gasteiger partial charge in [-0.2, -0.15) is 0 Å². The Morgan fingerprint density at radius 3 is 2.50 bits per heavy atom. The quantitative estimate of drug-likeness (QED) is 0.204. The summed E-state index contributed by atoms with van der Waals surface area (Å²) >= 11 is 5.90. The van der Waals surface area contributed by atoms with E-state index in [1.165, 1.54) is 11.8 Å². The first-order valence-corrected chi connectivity index (χ1v) is 9.57. The maximum atomic E-state index is 11.9. The van der Waals surface area contributed by atoms with Crippen LogP contribution in [0.2, 0.25) is 5.02 Å². The Kier molecular flexibility index (Phi) is 11.7. The van der Waals surface area contributed by atoms with Crippen molar-refractivity contribution in [3.05, 3.63) is 58.5 Å². The molecule has 6 nitrogen and oxygen atoms in total. The second-order valence-corrected chi connectivity index (χ2v) is 6.54. The van der Waals surface area contributed by atoms with Crippen molar-refractivity contribution in [1.29, 1.82) is 0 Å². The van der Waals surface area contributed by atoms with Crippen LogP contribution in [-0.2, 0) is 6.42 Å². The summed E-state index contributed by atoms with van der Waals surface area (Å²) in [5.74, 6) is 0.963. The fourth-order valence-corrected chi connectivity index (χ4v) is 2.60. The van der Waals surface area contributed by atoms with E-state index in [1.54, 1.807) is 6.07 Å². The summed E-state index contributed by atoms with van der Waals surface area (Å²) < 4.78 is 5.17. The van der Waals surface area contributed by atoms with Gasteiger partial charge in [-0.05, 0) is 50.5 Å². The molecule has 3 N–H and O–H groups in total. The van der Waals surface area contributed by atoms with Crippen LogP contribution < -0.4 is 16.0 Å². The second kappa shape index (κ2) is 13.4. The molecule has 0 saturated heterocycles. The average Bonchev–Trinajstić information content (AvgIpc) is 3.09. The summed E-state index contributed by atoms with van der Waals surface area (Å²) in [6.07, 6.45) is 3.16. The lowest BCUT2D eigenvalue weighted by Crippen LogP contribution is -2.38. The second-order valence-electron chi connectivity index (χ2n) is 6.11. The molecule has 0 unspecified atom stereocenters. The van der Waals surface area contributed by atoms with Gasteiger partial charge < -0.3 is 20.4 Å². The van der Waals surface area contributed by atoms with E-state index in [4.69, 9.17) is 16.0 Å². The third kappa shape index (κ3) is 8.52. The Morgan fingerprint density at radius 2 is 1.86 bits per heavy atom. The van der Waals surface area contributed by atoms with Gasteiger partial charge in [0.25, 0.3) is 5.91 Å². The standard InChI is InChI=1S/C20H27ClN4O2.HI/c1-3-22-20(25-13-9-16-5-7-17(21)8-6-16)24-12-4-11-23-19(26)18-15(2)10-14-27-18;/h5-8,10,14H,3-4,9,11-13H2,1-2H3,(H,23,26)(H2,22,24,25);1H. The predicted molar refractivity (Wildman–Crippen MR) is 125 cm³/mol. The molecule has 154 valence electrons. The zero-order chi connectivity index (χ0) is 19.5. The Hall–Kier alpha value is -1.74. The average molecular weight is 519 g/mol. The van der Waals surface area contributed by atoms with E-state index in [0.29, 0.717) is 18.8 Å². The largest absolute Gasteiger partial charge is 0.459 e. The number of aliphatic imine (C=N–C) groups is 1. The van der Waals surface area contributed by atoms with Gasteiger partial charge in [0.2, 0.25) is 0 Å². The number of halogens is 2. The molecule has 1 aromatic heterocycles. The summed E-state index contributed by atoms with van der Waals surface area (Å²) in [6, 6.07) is 9.62. The van der Waals surface area contributed by atoms with Crippen molar-refractivity contribution >= 4 is 47.4 Å². The van der Waals surface area contributed by atoms with E-state index >= 15 is 0 Å². The van der Waals surface area contributed by atoms with E-state index in [1.807, 2.05) is 38.1 Å². The molecule has 0 bridgehead atoms. The van der Waals surface area contributed by atoms with Crippen molar-refractivity contribution in [2.45, 2.75) is 26.7 Å². The topological polar surface area (TPSA) is 78.7 Å². The van der Waals surface area contributed by atoms with Crippen molar-refractivity contribution in [3.8, 4) is 0 Å². The lowest BCUT2D eigenvalue weighted by molar-refractivity contribution is 0.0925. The minimum atomic E-state index is -0.186. The molecule has 0 aliphatic carbocycles. The number of aryl methyl sites for hydroxylation is 1. The van der Waals surface area contributed by atoms with E-state index in [9.17, 15) is 4.79 Å². The Bertz CT molecular complexity index is 747. The van der Waals surface area contributed by atoms with Crippen LogP contribution in [0.3, 0.4) is 0 Å². The molecule has 0 atom stereocenters. The van der Waals surface area contributed by atoms with Gasteiger partial charge in [0.15, 0.2) is 11.7 Å². The molecular weight excluding hydrogens is 491 g/mol. The summed E-state index contributed by atoms with van der Waals surface area (Å²) in [6.45, 7) is 6.62. The fourth-order valence-electron chi connectivity index (χ4n) is 2.48. The molecule has 2 aromatic rings. The van der Waals surface area contributed by atoms with Crippen molar-refractivity contribution < 1.29 is 9.21 Å². The monoisotopic (exact) mass is 518 g/mol. The highest BCUT2D eigenvalue weighted by Gasteiger charge is 2.11. The summed E-state index contributed by atoms with van der Waals surface area (Å²) in [5.41, 5.74) is 2.06. The van der Waals surface area contributed by atoms with Gasteiger partial charge in [0, 0.05) is 36.8 Å². The molecule has 8 heteroatoms. The highest BCUT2D eigenvalue weighted by molar-refractivity contribution is 14.0. The van der Waals surface area contributed by atoms with Crippen molar-refractivity contribution in [2.75, 3.05) is 26.2 Å². The minimum absolute atomic E-state index is 0. The molecule has 1 aromatic carbocycles. The van der Waals surface area contributed by atoms with E-state index in [0.717, 1.165) is 42.5 Å². The van der Waals surface area contributed by atoms with Gasteiger partial charge in [-0.25, -0.2) is 0 Å². The third-order valence-corrected chi connectivity index (χ3v) is 4.17. The maximum Gasteiger partial charge on any atom is 0.287 e. The first-order valence-electron chi connectivity index (χ1n) is 9.19. The van der Waals surface area contributed by atoms with Crippen LogP contribution in [0.25, 0.3) is 0 Å². The Balaban J connectivity index is 0.00000392. The van der Waals surface area contributed by atoms with E-state index in [2.05, 4.69) is 20.9 Å². The van der Waals surface area contributed by atoms with Gasteiger partial charge in [-0.1, -0.05) is 23.7 Å². The smallest absolute Gasteiger partial charge is 0.287 e. The Morgan fingerprint density at radius 1 is 1.11 bits per heavy atom. The summed E-state index contributed by atoms with van der Waals surface area (Å²) in [5, 5.41) is 10.1. The fraction of sp³-hybridized carbons (Fsp3) is 0.400. The molecule has 28 heavy (non-hydrogen) atoms. The van der Waals surface area contributed by atoms with Crippen LogP contribution in [-0.4, -0.2) is 38.0 Å². The van der Waals surface area contributed by atoms with Crippen LogP contribution in [0.1, 0.15) is 35.0 Å². The first kappa shape index (κ1) is 24.3. The number of benzene rings is 1. The van der Waals surface area contributed by atoms with Gasteiger partial charge in [0.1, 0.15) is 0 Å². The summed E-state index contributed by atoms with van der Waals surface area (Å²) in [4.78, 5) is 16.5. The van der Waals surface area contributed by atoms with Crippen molar-refractivity contribution in [1.82, 2.24) is 16.0 Å². The van der Waals surface area contributed by atoms with E-state index < -0.39 is 0 Å². The minimum Gasteiger partial charge on any atom is -0.459 e. The number of nitrogens with zero attached hydrogens (tertiary/aromatic N) is 1. The molecule has 0 fully saturated rings. The SMILES string of the molecule is CCNC(=NCCCNC(=O)c1occc1C)NCCc1ccc(Cl)cc1.I. The first-order chi connectivity index (χ1) is 13.1. The molecule has 2 rings (SSSR count). The predicted octanol–water partition coefficient (Wildman–Crippen LogP) is 3.78. The number of guanidine groups is 1. The maximum absolute atomic E-state index is 11.9. The molecular formula is C20H28ClIN4O2. The van der Waals surface area contributed by atoms with Crippen LogP contribution in [0.15, 0.2) is 46.0 Å². The number of carbonyl (C=O) groups is 1. The zero-order valence-corrected chi connectivity index (χ0v) is 19.3. The molecule has 0 spiro atoms. The van der Waals surface area contributed by atoms with Crippen LogP contribution in [0, 0.1) is 6.92 Å². The van der Waals surface area contributed by atoms with Crippen LogP contribution >= 0.6 is 35.6 Å². The number of nitrogens with one attached hydrogen (secondary N) is 3. The highest BCUT2D eigenvalue weighted by Crippen LogP contribution is 2.09. The van der Waals surface area contributed by atoms with Gasteiger partial charge in [-0.15, -0.1) is 24.0 Å². The molecule has 1 heterocycles. The number of carbonyl (C=O) groups excluding carboxylic acids is 1. The number of rotatable bonds is 9. The van der Waals surface area contributed by atoms with Crippen molar-refractivity contribution in [3.63, 3.8) is 0 Å². The number of furan rings is 1. The van der Waals surface area contributed by atoms with E-state index in [-0.39, 0.29) is 29.9 Å². The highest BCUT2D eigenvalue weighted by atomic mass is 127. The third-order valence-electron chi connectivity index (χ3n) is 3.92. The molecule has 1 amide bonds. The molecule has 0 aliphatic rings. The number of hydrogen-bond donors (Lipinski definition) is 3. The number of amides is 1. The molecule has 0 radical (unpaired) electrons. The summed E-state index contributed by atoms with van der Waals surface area (Å²) in [7, 11) is 0. The normalized spacial score (nSPS) is 10.9. The van der Waals surface area contributed by atoms with Crippen LogP contribution in [0.4, 0.5) is 0 Å².